The summed E-state index contributed by atoms with van der Waals surface area (Å²) in [5.41, 5.74) is 0.369. The Kier molecular flexibility index (Phi) is 7.18. The normalized spacial score (nSPS) is 23.2. The largest absolute Gasteiger partial charge is 0.383 e. The number of ether oxygens (including phenoxy) is 1. The number of amides is 3. The van der Waals surface area contributed by atoms with Gasteiger partial charge in [-0.15, -0.1) is 0 Å². The topological polar surface area (TPSA) is 79.8 Å². The van der Waals surface area contributed by atoms with E-state index in [0.29, 0.717) is 19.6 Å². The number of carbonyl (C=O) groups is 3. The van der Waals surface area contributed by atoms with Crippen molar-refractivity contribution in [2.45, 2.75) is 50.0 Å². The van der Waals surface area contributed by atoms with E-state index in [9.17, 15) is 14.4 Å². The molecule has 2 aliphatic heterocycles. The molecule has 0 radical (unpaired) electrons. The minimum atomic E-state index is -1.17. The van der Waals surface area contributed by atoms with E-state index in [1.54, 1.807) is 13.3 Å². The Balaban J connectivity index is 1.59. The summed E-state index contributed by atoms with van der Waals surface area (Å²) in [6.45, 7) is 1.39. The molecule has 2 saturated heterocycles. The number of imide groups is 1. The maximum atomic E-state index is 13.8. The fourth-order valence-electron chi connectivity index (χ4n) is 5.08. The van der Waals surface area contributed by atoms with E-state index in [1.165, 1.54) is 4.90 Å². The van der Waals surface area contributed by atoms with E-state index in [1.807, 2.05) is 53.4 Å². The Morgan fingerprint density at radius 3 is 2.64 bits per heavy atom. The molecule has 2 atom stereocenters. The number of carbonyl (C=O) groups excluding carboxylic acids is 3. The molecule has 174 valence electrons. The lowest BCUT2D eigenvalue weighted by Crippen LogP contribution is -2.49. The molecule has 2 aliphatic rings. The number of likely N-dealkylation sites (tertiary alicyclic amines) is 2. The molecule has 3 amide bonds. The molecule has 4 rings (SSSR count). The van der Waals surface area contributed by atoms with E-state index in [0.717, 1.165) is 30.5 Å². The van der Waals surface area contributed by atoms with Gasteiger partial charge in [0.05, 0.1) is 18.1 Å². The molecule has 3 heterocycles. The highest BCUT2D eigenvalue weighted by molar-refractivity contribution is 6.10. The summed E-state index contributed by atoms with van der Waals surface area (Å²) >= 11 is 0. The quantitative estimate of drug-likeness (QED) is 0.579. The minimum absolute atomic E-state index is 0.00654. The highest BCUT2D eigenvalue weighted by Gasteiger charge is 2.54. The number of hydrogen-bond donors (Lipinski definition) is 0. The Morgan fingerprint density at radius 1 is 1.12 bits per heavy atom. The third-order valence-electron chi connectivity index (χ3n) is 6.81. The zero-order valence-corrected chi connectivity index (χ0v) is 19.1. The van der Waals surface area contributed by atoms with E-state index < -0.39 is 5.41 Å². The van der Waals surface area contributed by atoms with E-state index in [4.69, 9.17) is 4.74 Å². The van der Waals surface area contributed by atoms with Gasteiger partial charge < -0.3 is 9.64 Å². The molecule has 2 aromatic rings. The Morgan fingerprint density at radius 2 is 1.91 bits per heavy atom. The van der Waals surface area contributed by atoms with E-state index in [2.05, 4.69) is 4.98 Å². The van der Waals surface area contributed by atoms with Crippen molar-refractivity contribution in [3.05, 3.63) is 66.0 Å². The molecule has 0 N–H and O–H groups in total. The van der Waals surface area contributed by atoms with Crippen LogP contribution in [0.15, 0.2) is 54.7 Å². The summed E-state index contributed by atoms with van der Waals surface area (Å²) < 4.78 is 5.34. The number of aromatic nitrogens is 1. The van der Waals surface area contributed by atoms with Crippen LogP contribution in [0, 0.1) is 0 Å². The second-order valence-corrected chi connectivity index (χ2v) is 8.92. The zero-order valence-electron chi connectivity index (χ0n) is 19.1. The van der Waals surface area contributed by atoms with Crippen LogP contribution < -0.4 is 0 Å². The third-order valence-corrected chi connectivity index (χ3v) is 6.81. The summed E-state index contributed by atoms with van der Waals surface area (Å²) in [7, 11) is 1.64. The van der Waals surface area contributed by atoms with Gasteiger partial charge in [-0.2, -0.15) is 0 Å². The lowest BCUT2D eigenvalue weighted by Gasteiger charge is -2.37. The molecule has 0 unspecified atom stereocenters. The summed E-state index contributed by atoms with van der Waals surface area (Å²) in [5, 5.41) is 0. The third kappa shape index (κ3) is 4.83. The predicted molar refractivity (Wildman–Crippen MR) is 123 cm³/mol. The molecule has 2 fully saturated rings. The average molecular weight is 450 g/mol. The Bertz CT molecular complexity index is 980. The van der Waals surface area contributed by atoms with Crippen molar-refractivity contribution in [1.29, 1.82) is 0 Å². The number of methoxy groups -OCH3 is 1. The van der Waals surface area contributed by atoms with Gasteiger partial charge in [0.15, 0.2) is 0 Å². The predicted octanol–water partition coefficient (Wildman–Crippen LogP) is 2.74. The monoisotopic (exact) mass is 449 g/mol. The fraction of sp³-hybridized carbons (Fsp3) is 0.462. The Hall–Kier alpha value is -3.06. The van der Waals surface area contributed by atoms with Crippen LogP contribution in [-0.2, 0) is 31.0 Å². The van der Waals surface area contributed by atoms with E-state index >= 15 is 0 Å². The first kappa shape index (κ1) is 23.1. The van der Waals surface area contributed by atoms with Crippen LogP contribution in [0.3, 0.4) is 0 Å². The van der Waals surface area contributed by atoms with Gasteiger partial charge in [-0.25, -0.2) is 0 Å². The summed E-state index contributed by atoms with van der Waals surface area (Å²) in [6, 6.07) is 14.9. The van der Waals surface area contributed by atoms with Crippen LogP contribution in [0.2, 0.25) is 0 Å². The molecule has 0 aliphatic carbocycles. The van der Waals surface area contributed by atoms with Crippen LogP contribution in [0.25, 0.3) is 0 Å². The first-order chi connectivity index (χ1) is 16.0. The van der Waals surface area contributed by atoms with Gasteiger partial charge >= 0.3 is 0 Å². The fourth-order valence-corrected chi connectivity index (χ4v) is 5.08. The Labute approximate surface area is 194 Å². The maximum Gasteiger partial charge on any atom is 0.240 e. The van der Waals surface area contributed by atoms with Crippen LogP contribution in [0.1, 0.15) is 43.4 Å². The SMILES string of the molecule is COC[C@@H]1CCCCN1C(=O)C[C@@]1(c2ccccc2)CC(=O)N(CCc2ccccn2)C1=O. The van der Waals surface area contributed by atoms with Crippen molar-refractivity contribution < 1.29 is 19.1 Å². The summed E-state index contributed by atoms with van der Waals surface area (Å²) in [6.07, 6.45) is 5.06. The van der Waals surface area contributed by atoms with Crippen molar-refractivity contribution in [2.75, 3.05) is 26.8 Å². The number of piperidine rings is 1. The summed E-state index contributed by atoms with van der Waals surface area (Å²) in [5.74, 6) is -0.615. The maximum absolute atomic E-state index is 13.8. The molecule has 7 nitrogen and oxygen atoms in total. The van der Waals surface area contributed by atoms with Crippen LogP contribution in [-0.4, -0.2) is 65.4 Å². The van der Waals surface area contributed by atoms with Gasteiger partial charge in [0.2, 0.25) is 17.7 Å². The standard InChI is InChI=1S/C26H31N3O4/c1-33-19-22-12-6-8-15-28(22)23(30)17-26(20-9-3-2-4-10-20)18-24(31)29(25(26)32)16-13-21-11-5-7-14-27-21/h2-5,7,9-11,14,22H,6,8,12-13,15-19H2,1H3/t22-,26-/m0/s1. The smallest absolute Gasteiger partial charge is 0.240 e. The molecule has 0 bridgehead atoms. The second-order valence-electron chi connectivity index (χ2n) is 8.92. The van der Waals surface area contributed by atoms with E-state index in [-0.39, 0.29) is 43.1 Å². The van der Waals surface area contributed by atoms with Crippen molar-refractivity contribution in [3.63, 3.8) is 0 Å². The van der Waals surface area contributed by atoms with Crippen LogP contribution >= 0.6 is 0 Å². The van der Waals surface area contributed by atoms with Crippen LogP contribution in [0.5, 0.6) is 0 Å². The van der Waals surface area contributed by atoms with Gasteiger partial charge in [-0.05, 0) is 37.0 Å². The van der Waals surface area contributed by atoms with Crippen molar-refractivity contribution in [1.82, 2.24) is 14.8 Å². The van der Waals surface area contributed by atoms with Gasteiger partial charge in [-0.3, -0.25) is 24.3 Å². The zero-order chi connectivity index (χ0) is 23.3. The van der Waals surface area contributed by atoms with Gasteiger partial charge in [-0.1, -0.05) is 36.4 Å². The minimum Gasteiger partial charge on any atom is -0.383 e. The summed E-state index contributed by atoms with van der Waals surface area (Å²) in [4.78, 5) is 47.8. The molecule has 33 heavy (non-hydrogen) atoms. The lowest BCUT2D eigenvalue weighted by molar-refractivity contribution is -0.144. The lowest BCUT2D eigenvalue weighted by atomic mass is 9.75. The van der Waals surface area contributed by atoms with Gasteiger partial charge in [0.1, 0.15) is 0 Å². The van der Waals surface area contributed by atoms with Crippen molar-refractivity contribution in [3.8, 4) is 0 Å². The molecular formula is C26H31N3O4. The number of hydrogen-bond acceptors (Lipinski definition) is 5. The highest BCUT2D eigenvalue weighted by Crippen LogP contribution is 2.40. The molecule has 0 spiro atoms. The second kappa shape index (κ2) is 10.3. The number of rotatable bonds is 8. The number of nitrogens with zero attached hydrogens (tertiary/aromatic N) is 3. The molecule has 7 heteroatoms. The molecule has 1 aromatic carbocycles. The highest BCUT2D eigenvalue weighted by atomic mass is 16.5. The number of pyridine rings is 1. The first-order valence-electron chi connectivity index (χ1n) is 11.6. The number of benzene rings is 1. The van der Waals surface area contributed by atoms with Crippen molar-refractivity contribution >= 4 is 17.7 Å². The molecule has 0 saturated carbocycles. The average Bonchev–Trinajstić information content (AvgIpc) is 3.09. The molecule has 1 aromatic heterocycles. The van der Waals surface area contributed by atoms with Crippen LogP contribution in [0.4, 0.5) is 0 Å². The van der Waals surface area contributed by atoms with Crippen molar-refractivity contribution in [2.24, 2.45) is 0 Å². The first-order valence-corrected chi connectivity index (χ1v) is 11.6. The van der Waals surface area contributed by atoms with Gasteiger partial charge in [0.25, 0.3) is 0 Å². The van der Waals surface area contributed by atoms with Gasteiger partial charge in [0, 0.05) is 51.4 Å². The molecular weight excluding hydrogens is 418 g/mol.